The Labute approximate surface area is 277 Å². The molecular formula is C40H44N2O5. The number of ketones is 1. The van der Waals surface area contributed by atoms with E-state index in [1.54, 1.807) is 48.5 Å². The Hall–Kier alpha value is -4.91. The van der Waals surface area contributed by atoms with Crippen LogP contribution in [0.2, 0.25) is 0 Å². The van der Waals surface area contributed by atoms with Crippen molar-refractivity contribution in [1.29, 1.82) is 0 Å². The number of anilines is 1. The van der Waals surface area contributed by atoms with Crippen LogP contribution in [0, 0.1) is 5.92 Å². The number of benzene rings is 4. The van der Waals surface area contributed by atoms with Gasteiger partial charge in [-0.1, -0.05) is 111 Å². The first-order valence-corrected chi connectivity index (χ1v) is 16.7. The fourth-order valence-corrected chi connectivity index (χ4v) is 6.22. The number of carboxylic acids is 1. The first-order chi connectivity index (χ1) is 23.0. The molecule has 1 fully saturated rings. The first kappa shape index (κ1) is 33.5. The molecule has 1 unspecified atom stereocenters. The van der Waals surface area contributed by atoms with Crippen molar-refractivity contribution in [3.8, 4) is 5.75 Å². The highest BCUT2D eigenvalue weighted by molar-refractivity contribution is 6.12. The molecule has 1 aliphatic rings. The molecule has 2 N–H and O–H groups in total. The van der Waals surface area contributed by atoms with Gasteiger partial charge in [-0.3, -0.25) is 9.59 Å². The third-order valence-electron chi connectivity index (χ3n) is 8.85. The van der Waals surface area contributed by atoms with Crippen molar-refractivity contribution >= 4 is 23.3 Å². The van der Waals surface area contributed by atoms with Crippen LogP contribution in [-0.2, 0) is 22.6 Å². The van der Waals surface area contributed by atoms with E-state index < -0.39 is 12.0 Å². The van der Waals surface area contributed by atoms with Gasteiger partial charge < -0.3 is 20.1 Å². The molecule has 0 bridgehead atoms. The summed E-state index contributed by atoms with van der Waals surface area (Å²) in [7, 11) is 0. The number of carbonyl (C=O) groups is 3. The second-order valence-corrected chi connectivity index (χ2v) is 12.3. The standard InChI is InChI=1S/C40H44N2O5/c43-38(25-22-30-12-7-8-13-30)42(29-32-14-3-1-4-15-32)26-11-27-47-34-23-20-31(21-24-34)28-37(40(45)46)41-36-19-10-9-18-35(36)39(44)33-16-5-2-6-17-33/h1-6,9-10,14-21,23-24,30,37,41H,7-8,11-13,22,25-29H2,(H,45,46). The van der Waals surface area contributed by atoms with Gasteiger partial charge in [-0.15, -0.1) is 0 Å². The van der Waals surface area contributed by atoms with E-state index in [0.29, 0.717) is 61.0 Å². The van der Waals surface area contributed by atoms with Crippen LogP contribution in [0.4, 0.5) is 5.69 Å². The van der Waals surface area contributed by atoms with Crippen LogP contribution >= 0.6 is 0 Å². The van der Waals surface area contributed by atoms with Crippen LogP contribution in [-0.4, -0.2) is 46.9 Å². The smallest absolute Gasteiger partial charge is 0.326 e. The summed E-state index contributed by atoms with van der Waals surface area (Å²) in [4.78, 5) is 40.5. The van der Waals surface area contributed by atoms with Crippen molar-refractivity contribution < 1.29 is 24.2 Å². The van der Waals surface area contributed by atoms with Gasteiger partial charge in [-0.2, -0.15) is 0 Å². The summed E-state index contributed by atoms with van der Waals surface area (Å²) in [6.07, 6.45) is 7.56. The maximum absolute atomic E-state index is 13.2. The van der Waals surface area contributed by atoms with Gasteiger partial charge in [0.05, 0.1) is 6.61 Å². The number of hydrogen-bond donors (Lipinski definition) is 2. The second-order valence-electron chi connectivity index (χ2n) is 12.3. The second kappa shape index (κ2) is 17.1. The molecule has 4 aromatic rings. The predicted octanol–water partition coefficient (Wildman–Crippen LogP) is 7.79. The van der Waals surface area contributed by atoms with Crippen molar-refractivity contribution in [1.82, 2.24) is 4.90 Å². The maximum Gasteiger partial charge on any atom is 0.326 e. The highest BCUT2D eigenvalue weighted by Gasteiger charge is 2.22. The fraction of sp³-hybridized carbons (Fsp3) is 0.325. The summed E-state index contributed by atoms with van der Waals surface area (Å²) in [5.74, 6) is 0.402. The molecule has 1 saturated carbocycles. The number of nitrogens with zero attached hydrogens (tertiary/aromatic N) is 1. The molecule has 1 amide bonds. The Balaban J connectivity index is 1.13. The van der Waals surface area contributed by atoms with E-state index in [2.05, 4.69) is 17.4 Å². The maximum atomic E-state index is 13.2. The van der Waals surface area contributed by atoms with Gasteiger partial charge in [-0.25, -0.2) is 4.79 Å². The summed E-state index contributed by atoms with van der Waals surface area (Å²) in [5.41, 5.74) is 3.39. The summed E-state index contributed by atoms with van der Waals surface area (Å²) in [5, 5.41) is 13.1. The van der Waals surface area contributed by atoms with Crippen LogP contribution in [0.5, 0.6) is 5.75 Å². The van der Waals surface area contributed by atoms with Crippen LogP contribution in [0.3, 0.4) is 0 Å². The quantitative estimate of drug-likeness (QED) is 0.0911. The van der Waals surface area contributed by atoms with Crippen LogP contribution < -0.4 is 10.1 Å². The van der Waals surface area contributed by atoms with Crippen LogP contribution in [0.1, 0.15) is 72.0 Å². The van der Waals surface area contributed by atoms with Gasteiger partial charge >= 0.3 is 5.97 Å². The normalized spacial score (nSPS) is 13.5. The highest BCUT2D eigenvalue weighted by Crippen LogP contribution is 2.29. The summed E-state index contributed by atoms with van der Waals surface area (Å²) >= 11 is 0. The van der Waals surface area contributed by atoms with Crippen molar-refractivity contribution in [2.24, 2.45) is 5.92 Å². The number of hydrogen-bond acceptors (Lipinski definition) is 5. The Bertz CT molecular complexity index is 1580. The number of ether oxygens (including phenoxy) is 1. The lowest BCUT2D eigenvalue weighted by Crippen LogP contribution is -2.32. The minimum atomic E-state index is -1.01. The average Bonchev–Trinajstić information content (AvgIpc) is 3.63. The molecule has 4 aromatic carbocycles. The number of aliphatic carboxylic acids is 1. The molecule has 0 aromatic heterocycles. The van der Waals surface area contributed by atoms with Gasteiger partial charge in [0.25, 0.3) is 0 Å². The van der Waals surface area contributed by atoms with Crippen LogP contribution in [0.25, 0.3) is 0 Å². The number of rotatable bonds is 17. The minimum Gasteiger partial charge on any atom is -0.494 e. The predicted molar refractivity (Wildman–Crippen MR) is 185 cm³/mol. The highest BCUT2D eigenvalue weighted by atomic mass is 16.5. The Morgan fingerprint density at radius 3 is 2.17 bits per heavy atom. The molecular weight excluding hydrogens is 588 g/mol. The molecule has 0 saturated heterocycles. The Kier molecular flexibility index (Phi) is 12.2. The van der Waals surface area contributed by atoms with E-state index in [1.165, 1.54) is 25.7 Å². The number of carbonyl (C=O) groups excluding carboxylic acids is 2. The van der Waals surface area contributed by atoms with E-state index in [4.69, 9.17) is 4.74 Å². The largest absolute Gasteiger partial charge is 0.494 e. The Morgan fingerprint density at radius 2 is 1.47 bits per heavy atom. The zero-order valence-corrected chi connectivity index (χ0v) is 26.9. The van der Waals surface area contributed by atoms with E-state index in [-0.39, 0.29) is 18.1 Å². The summed E-state index contributed by atoms with van der Waals surface area (Å²) in [6, 6.07) is 32.5. The van der Waals surface area contributed by atoms with Gasteiger partial charge in [0.2, 0.25) is 5.91 Å². The molecule has 47 heavy (non-hydrogen) atoms. The number of amides is 1. The van der Waals surface area contributed by atoms with E-state index in [0.717, 1.165) is 17.5 Å². The average molecular weight is 633 g/mol. The lowest BCUT2D eigenvalue weighted by molar-refractivity contribution is -0.138. The van der Waals surface area contributed by atoms with Crippen LogP contribution in [0.15, 0.2) is 109 Å². The van der Waals surface area contributed by atoms with Crippen molar-refractivity contribution in [2.75, 3.05) is 18.5 Å². The Morgan fingerprint density at radius 1 is 0.809 bits per heavy atom. The SMILES string of the molecule is O=C(c1ccccc1)c1ccccc1NC(Cc1ccc(OCCCN(Cc2ccccc2)C(=O)CCC2CCCC2)cc1)C(=O)O. The number of nitrogens with one attached hydrogen (secondary N) is 1. The lowest BCUT2D eigenvalue weighted by Gasteiger charge is -2.24. The number of carboxylic acid groups (broad SMARTS) is 1. The third-order valence-corrected chi connectivity index (χ3v) is 8.85. The van der Waals surface area contributed by atoms with Gasteiger partial charge in [-0.05, 0) is 54.2 Å². The van der Waals surface area contributed by atoms with Crippen molar-refractivity contribution in [2.45, 2.75) is 64.0 Å². The molecule has 244 valence electrons. The van der Waals surface area contributed by atoms with Crippen molar-refractivity contribution in [3.63, 3.8) is 0 Å². The summed E-state index contributed by atoms with van der Waals surface area (Å²) < 4.78 is 6.01. The molecule has 7 heteroatoms. The van der Waals surface area contributed by atoms with E-state index in [1.807, 2.05) is 53.4 Å². The lowest BCUT2D eigenvalue weighted by atomic mass is 10.00. The molecule has 0 spiro atoms. The molecule has 7 nitrogen and oxygen atoms in total. The molecule has 5 rings (SSSR count). The third kappa shape index (κ3) is 10.0. The monoisotopic (exact) mass is 632 g/mol. The molecule has 0 heterocycles. The fourth-order valence-electron chi connectivity index (χ4n) is 6.22. The molecule has 0 radical (unpaired) electrons. The van der Waals surface area contributed by atoms with E-state index >= 15 is 0 Å². The zero-order valence-electron chi connectivity index (χ0n) is 26.9. The number of para-hydroxylation sites is 1. The van der Waals surface area contributed by atoms with Gasteiger partial charge in [0.1, 0.15) is 11.8 Å². The molecule has 0 aliphatic heterocycles. The first-order valence-electron chi connectivity index (χ1n) is 16.7. The van der Waals surface area contributed by atoms with E-state index in [9.17, 15) is 19.5 Å². The minimum absolute atomic E-state index is 0.170. The summed E-state index contributed by atoms with van der Waals surface area (Å²) in [6.45, 7) is 1.69. The van der Waals surface area contributed by atoms with Gasteiger partial charge in [0.15, 0.2) is 5.78 Å². The topological polar surface area (TPSA) is 95.9 Å². The van der Waals surface area contributed by atoms with Gasteiger partial charge in [0, 0.05) is 42.7 Å². The zero-order chi connectivity index (χ0) is 32.8. The van der Waals surface area contributed by atoms with Crippen molar-refractivity contribution in [3.05, 3.63) is 131 Å². The molecule has 1 atom stereocenters. The molecule has 1 aliphatic carbocycles.